The Bertz CT molecular complexity index is 649. The molecule has 0 spiro atoms. The molecule has 0 aliphatic heterocycles. The van der Waals surface area contributed by atoms with Crippen molar-refractivity contribution < 1.29 is 10.0 Å². The molecule has 4 nitrogen and oxygen atoms in total. The zero-order valence-electron chi connectivity index (χ0n) is 13.8. The van der Waals surface area contributed by atoms with Crippen LogP contribution in [0.5, 0.6) is 0 Å². The van der Waals surface area contributed by atoms with Gasteiger partial charge in [-0.25, -0.2) is 5.48 Å². The molecule has 0 atom stereocenters. The monoisotopic (exact) mass is 342 g/mol. The van der Waals surface area contributed by atoms with Gasteiger partial charge in [-0.1, -0.05) is 42.5 Å². The molecule has 1 amide bonds. The molecule has 0 bridgehead atoms. The van der Waals surface area contributed by atoms with Gasteiger partial charge >= 0.3 is 0 Å². The third kappa shape index (κ3) is 8.22. The van der Waals surface area contributed by atoms with Gasteiger partial charge in [0.15, 0.2) is 0 Å². The summed E-state index contributed by atoms with van der Waals surface area (Å²) in [5.74, 6) is -0.547. The molecule has 24 heavy (non-hydrogen) atoms. The Balaban J connectivity index is 0.000000648. The first-order chi connectivity index (χ1) is 11.7. The quantitative estimate of drug-likeness (QED) is 0.238. The number of carbonyl (C=O) groups excluding carboxylic acids is 1. The van der Waals surface area contributed by atoms with E-state index >= 15 is 0 Å². The fraction of sp³-hybridized carbons (Fsp3) is 0.105. The molecular weight excluding hydrogens is 320 g/mol. The maximum atomic E-state index is 10.8. The van der Waals surface area contributed by atoms with Crippen molar-refractivity contribution in [3.63, 3.8) is 0 Å². The highest BCUT2D eigenvalue weighted by atomic mass is 32.2. The van der Waals surface area contributed by atoms with Crippen molar-refractivity contribution >= 4 is 29.6 Å². The minimum absolute atomic E-state index is 0.547. The van der Waals surface area contributed by atoms with E-state index in [2.05, 4.69) is 4.72 Å². The molecule has 0 fully saturated rings. The summed E-state index contributed by atoms with van der Waals surface area (Å²) in [7, 11) is 0. The van der Waals surface area contributed by atoms with Gasteiger partial charge in [0.1, 0.15) is 0 Å². The number of carbonyl (C=O) groups is 1. The zero-order chi connectivity index (χ0) is 17.6. The lowest BCUT2D eigenvalue weighted by Crippen LogP contribution is -2.14. The normalized spacial score (nSPS) is 10.3. The number of nitrogens with one attached hydrogen (secondary N) is 2. The molecule has 0 aromatic heterocycles. The Kier molecular flexibility index (Phi) is 9.76. The van der Waals surface area contributed by atoms with Crippen LogP contribution in [0.4, 0.5) is 5.69 Å². The number of benzene rings is 2. The molecule has 0 saturated heterocycles. The zero-order valence-corrected chi connectivity index (χ0v) is 14.6. The predicted molar refractivity (Wildman–Crippen MR) is 102 cm³/mol. The van der Waals surface area contributed by atoms with E-state index in [1.54, 1.807) is 11.6 Å². The van der Waals surface area contributed by atoms with Crippen LogP contribution in [-0.2, 0) is 4.79 Å². The number of hydrogen-bond acceptors (Lipinski definition) is 4. The van der Waals surface area contributed by atoms with Crippen molar-refractivity contribution in [3.8, 4) is 0 Å². The van der Waals surface area contributed by atoms with Crippen LogP contribution in [0, 0.1) is 0 Å². The lowest BCUT2D eigenvalue weighted by Gasteiger charge is -2.05. The Hall–Kier alpha value is -2.50. The molecule has 0 heterocycles. The van der Waals surface area contributed by atoms with Gasteiger partial charge in [0.25, 0.3) is 5.91 Å². The first-order valence-corrected chi connectivity index (χ1v) is 8.28. The third-order valence-electron chi connectivity index (χ3n) is 2.81. The van der Waals surface area contributed by atoms with E-state index in [0.29, 0.717) is 0 Å². The van der Waals surface area contributed by atoms with Gasteiger partial charge in [0.2, 0.25) is 0 Å². The maximum Gasteiger partial charge on any atom is 0.267 e. The fourth-order valence-corrected chi connectivity index (χ4v) is 2.12. The first-order valence-electron chi connectivity index (χ1n) is 7.47. The highest BCUT2D eigenvalue weighted by molar-refractivity contribution is 8.00. The number of anilines is 1. The number of amides is 1. The smallest absolute Gasteiger partial charge is 0.267 e. The van der Waals surface area contributed by atoms with Crippen molar-refractivity contribution in [1.29, 1.82) is 0 Å². The lowest BCUT2D eigenvalue weighted by molar-refractivity contribution is -0.124. The molecular formula is C19H22N2O2S. The minimum atomic E-state index is -0.547. The standard InChI is InChI=1S/C15H14N2O2S.C4H8/c18-15(16-19)11-8-12-6-9-14(10-7-12)20-17-13-4-2-1-3-5-13;1-3-4-2/h1-11,17,19H,(H,16,18);3-4H,1-2H3/b11-8+;4-3-. The van der Waals surface area contributed by atoms with Crippen molar-refractivity contribution in [2.24, 2.45) is 0 Å². The van der Waals surface area contributed by atoms with Crippen molar-refractivity contribution in [1.82, 2.24) is 5.48 Å². The molecule has 2 rings (SSSR count). The number of hydrogen-bond donors (Lipinski definition) is 3. The van der Waals surface area contributed by atoms with Crippen LogP contribution in [0.25, 0.3) is 6.08 Å². The van der Waals surface area contributed by atoms with Gasteiger partial charge in [-0.15, -0.1) is 0 Å². The Labute approximate surface area is 147 Å². The highest BCUT2D eigenvalue weighted by Gasteiger charge is 1.96. The summed E-state index contributed by atoms with van der Waals surface area (Å²) >= 11 is 1.52. The van der Waals surface area contributed by atoms with E-state index in [0.717, 1.165) is 16.1 Å². The minimum Gasteiger partial charge on any atom is -0.326 e. The molecule has 2 aromatic rings. The lowest BCUT2D eigenvalue weighted by atomic mass is 10.2. The average molecular weight is 342 g/mol. The fourth-order valence-electron chi connectivity index (χ4n) is 1.48. The summed E-state index contributed by atoms with van der Waals surface area (Å²) in [5.41, 5.74) is 3.47. The molecule has 0 saturated carbocycles. The molecule has 3 N–H and O–H groups in total. The number of allylic oxidation sites excluding steroid dienone is 2. The van der Waals surface area contributed by atoms with Gasteiger partial charge in [0.05, 0.1) is 0 Å². The topological polar surface area (TPSA) is 61.4 Å². The summed E-state index contributed by atoms with van der Waals surface area (Å²) in [6.07, 6.45) is 6.90. The van der Waals surface area contributed by atoms with Gasteiger partial charge in [-0.05, 0) is 61.7 Å². The second-order valence-electron chi connectivity index (χ2n) is 4.62. The van der Waals surface area contributed by atoms with Gasteiger partial charge in [-0.2, -0.15) is 0 Å². The number of hydroxylamine groups is 1. The third-order valence-corrected chi connectivity index (χ3v) is 3.66. The van der Waals surface area contributed by atoms with E-state index in [-0.39, 0.29) is 0 Å². The molecule has 0 aliphatic carbocycles. The van der Waals surface area contributed by atoms with Crippen molar-refractivity contribution in [2.75, 3.05) is 4.72 Å². The summed E-state index contributed by atoms with van der Waals surface area (Å²) < 4.78 is 3.24. The van der Waals surface area contributed by atoms with Crippen LogP contribution >= 0.6 is 11.9 Å². The van der Waals surface area contributed by atoms with Gasteiger partial charge in [-0.3, -0.25) is 10.0 Å². The van der Waals surface area contributed by atoms with Crippen LogP contribution in [0.2, 0.25) is 0 Å². The summed E-state index contributed by atoms with van der Waals surface area (Å²) in [4.78, 5) is 11.9. The second-order valence-corrected chi connectivity index (χ2v) is 5.49. The molecule has 5 heteroatoms. The summed E-state index contributed by atoms with van der Waals surface area (Å²) in [5, 5.41) is 8.37. The first kappa shape index (κ1) is 19.5. The van der Waals surface area contributed by atoms with Crippen LogP contribution in [-0.4, -0.2) is 11.1 Å². The van der Waals surface area contributed by atoms with Gasteiger partial charge < -0.3 is 4.72 Å². The van der Waals surface area contributed by atoms with E-state index in [4.69, 9.17) is 5.21 Å². The van der Waals surface area contributed by atoms with Crippen LogP contribution in [0.1, 0.15) is 19.4 Å². The van der Waals surface area contributed by atoms with E-state index in [1.165, 1.54) is 18.0 Å². The highest BCUT2D eigenvalue weighted by Crippen LogP contribution is 2.21. The van der Waals surface area contributed by atoms with E-state index in [1.807, 2.05) is 80.6 Å². The number of rotatable bonds is 5. The number of para-hydroxylation sites is 1. The Morgan fingerprint density at radius 3 is 2.17 bits per heavy atom. The van der Waals surface area contributed by atoms with Crippen molar-refractivity contribution in [3.05, 3.63) is 78.4 Å². The van der Waals surface area contributed by atoms with E-state index < -0.39 is 5.91 Å². The van der Waals surface area contributed by atoms with Crippen molar-refractivity contribution in [2.45, 2.75) is 18.7 Å². The molecule has 0 radical (unpaired) electrons. The Morgan fingerprint density at radius 2 is 1.62 bits per heavy atom. The molecule has 126 valence electrons. The van der Waals surface area contributed by atoms with Crippen LogP contribution in [0.3, 0.4) is 0 Å². The predicted octanol–water partition coefficient (Wildman–Crippen LogP) is 4.91. The largest absolute Gasteiger partial charge is 0.326 e. The summed E-state index contributed by atoms with van der Waals surface area (Å²) in [6, 6.07) is 17.6. The average Bonchev–Trinajstić information content (AvgIpc) is 2.66. The van der Waals surface area contributed by atoms with E-state index in [9.17, 15) is 4.79 Å². The molecule has 0 aliphatic rings. The summed E-state index contributed by atoms with van der Waals surface area (Å²) in [6.45, 7) is 4.00. The van der Waals surface area contributed by atoms with Crippen LogP contribution < -0.4 is 10.2 Å². The second kappa shape index (κ2) is 12.0. The Morgan fingerprint density at radius 1 is 1.00 bits per heavy atom. The van der Waals surface area contributed by atoms with Crippen LogP contribution in [0.15, 0.2) is 77.7 Å². The molecule has 0 unspecified atom stereocenters. The van der Waals surface area contributed by atoms with Gasteiger partial charge in [0, 0.05) is 16.7 Å². The SMILES string of the molecule is C/C=C\C.O=C(/C=C/c1ccc(SNc2ccccc2)cc1)NO. The maximum absolute atomic E-state index is 10.8. The molecule has 2 aromatic carbocycles.